The molecular formula is C16H14O3. The van der Waals surface area contributed by atoms with Gasteiger partial charge in [0.2, 0.25) is 0 Å². The minimum absolute atomic E-state index is 0.311. The van der Waals surface area contributed by atoms with Crippen LogP contribution >= 0.6 is 0 Å². The Morgan fingerprint density at radius 2 is 1.84 bits per heavy atom. The molecule has 0 bridgehead atoms. The van der Waals surface area contributed by atoms with E-state index in [4.69, 9.17) is 0 Å². The van der Waals surface area contributed by atoms with E-state index in [-0.39, 0.29) is 0 Å². The minimum atomic E-state index is -0.489. The van der Waals surface area contributed by atoms with Crippen molar-refractivity contribution in [2.75, 3.05) is 7.11 Å². The summed E-state index contributed by atoms with van der Waals surface area (Å²) in [5.74, 6) is -0.489. The molecule has 0 aliphatic rings. The van der Waals surface area contributed by atoms with Crippen LogP contribution < -0.4 is 0 Å². The largest absolute Gasteiger partial charge is 0.465 e. The second-order valence-corrected chi connectivity index (χ2v) is 4.19. The Morgan fingerprint density at radius 3 is 2.47 bits per heavy atom. The molecule has 2 aromatic carbocycles. The van der Waals surface area contributed by atoms with Gasteiger partial charge in [-0.1, -0.05) is 42.5 Å². The van der Waals surface area contributed by atoms with Crippen LogP contribution in [0.1, 0.15) is 31.8 Å². The molecule has 0 aliphatic heterocycles. The van der Waals surface area contributed by atoms with Gasteiger partial charge in [-0.15, -0.1) is 0 Å². The van der Waals surface area contributed by atoms with Crippen molar-refractivity contribution in [3.63, 3.8) is 0 Å². The molecule has 3 nitrogen and oxygen atoms in total. The monoisotopic (exact) mass is 254 g/mol. The van der Waals surface area contributed by atoms with Crippen LogP contribution in [-0.4, -0.2) is 19.4 Å². The van der Waals surface area contributed by atoms with Crippen LogP contribution in [0.4, 0.5) is 0 Å². The molecule has 2 aromatic rings. The van der Waals surface area contributed by atoms with Crippen molar-refractivity contribution in [1.82, 2.24) is 0 Å². The highest BCUT2D eigenvalue weighted by molar-refractivity contribution is 5.98. The van der Waals surface area contributed by atoms with Crippen LogP contribution in [0.3, 0.4) is 0 Å². The van der Waals surface area contributed by atoms with E-state index >= 15 is 0 Å². The number of carbonyl (C=O) groups is 2. The normalized spacial score (nSPS) is 9.95. The third kappa shape index (κ3) is 3.07. The van der Waals surface area contributed by atoms with Crippen LogP contribution in [0.25, 0.3) is 0 Å². The van der Waals surface area contributed by atoms with Crippen molar-refractivity contribution in [3.8, 4) is 0 Å². The van der Waals surface area contributed by atoms with Crippen LogP contribution in [0.2, 0.25) is 0 Å². The molecule has 0 heterocycles. The molecule has 96 valence electrons. The summed E-state index contributed by atoms with van der Waals surface area (Å²) in [6, 6.07) is 15.1. The minimum Gasteiger partial charge on any atom is -0.465 e. The number of aldehydes is 1. The molecule has 0 atom stereocenters. The lowest BCUT2D eigenvalue weighted by atomic mass is 10.00. The maximum atomic E-state index is 11.6. The van der Waals surface area contributed by atoms with Crippen molar-refractivity contribution in [2.45, 2.75) is 6.42 Å². The van der Waals surface area contributed by atoms with E-state index in [1.54, 1.807) is 12.1 Å². The van der Waals surface area contributed by atoms with E-state index in [0.29, 0.717) is 23.8 Å². The van der Waals surface area contributed by atoms with Crippen molar-refractivity contribution in [2.24, 2.45) is 0 Å². The fraction of sp³-hybridized carbons (Fsp3) is 0.125. The molecule has 0 amide bonds. The number of carbonyl (C=O) groups excluding carboxylic acids is 2. The van der Waals surface area contributed by atoms with E-state index in [0.717, 1.165) is 11.1 Å². The molecule has 0 spiro atoms. The Kier molecular flexibility index (Phi) is 4.08. The molecule has 0 aliphatic carbocycles. The molecule has 3 heteroatoms. The lowest BCUT2D eigenvalue weighted by Gasteiger charge is -2.07. The third-order valence-electron chi connectivity index (χ3n) is 2.90. The van der Waals surface area contributed by atoms with Crippen LogP contribution in [0.15, 0.2) is 48.5 Å². The van der Waals surface area contributed by atoms with E-state index in [2.05, 4.69) is 4.74 Å². The van der Waals surface area contributed by atoms with Crippen LogP contribution in [0.5, 0.6) is 0 Å². The Hall–Kier alpha value is -2.42. The average molecular weight is 254 g/mol. The zero-order valence-electron chi connectivity index (χ0n) is 10.6. The van der Waals surface area contributed by atoms with Crippen molar-refractivity contribution >= 4 is 12.3 Å². The number of hydrogen-bond donors (Lipinski definition) is 0. The van der Waals surface area contributed by atoms with E-state index in [1.165, 1.54) is 7.11 Å². The van der Waals surface area contributed by atoms with Crippen LogP contribution in [0, 0.1) is 0 Å². The summed E-state index contributed by atoms with van der Waals surface area (Å²) < 4.78 is 4.69. The molecule has 0 saturated heterocycles. The number of methoxy groups -OCH3 is 1. The molecule has 0 N–H and O–H groups in total. The first-order chi connectivity index (χ1) is 9.24. The summed E-state index contributed by atoms with van der Waals surface area (Å²) in [5, 5.41) is 0. The van der Waals surface area contributed by atoms with Gasteiger partial charge < -0.3 is 4.74 Å². The van der Waals surface area contributed by atoms with Crippen molar-refractivity contribution in [3.05, 3.63) is 70.8 Å². The number of rotatable bonds is 4. The number of hydrogen-bond acceptors (Lipinski definition) is 3. The smallest absolute Gasteiger partial charge is 0.338 e. The number of ether oxygens (including phenoxy) is 1. The van der Waals surface area contributed by atoms with E-state index in [1.807, 2.05) is 36.4 Å². The Labute approximate surface area is 111 Å². The topological polar surface area (TPSA) is 43.4 Å². The van der Waals surface area contributed by atoms with Gasteiger partial charge in [-0.05, 0) is 23.6 Å². The Morgan fingerprint density at radius 1 is 1.11 bits per heavy atom. The van der Waals surface area contributed by atoms with Gasteiger partial charge in [0.25, 0.3) is 0 Å². The van der Waals surface area contributed by atoms with Gasteiger partial charge in [0.05, 0.1) is 12.7 Å². The predicted molar refractivity (Wildman–Crippen MR) is 72.4 cm³/mol. The second kappa shape index (κ2) is 5.96. The second-order valence-electron chi connectivity index (χ2n) is 4.19. The summed E-state index contributed by atoms with van der Waals surface area (Å²) in [5.41, 5.74) is 2.78. The van der Waals surface area contributed by atoms with Crippen molar-refractivity contribution < 1.29 is 14.3 Å². The van der Waals surface area contributed by atoms with Gasteiger partial charge in [0, 0.05) is 5.56 Å². The molecule has 2 rings (SSSR count). The van der Waals surface area contributed by atoms with Gasteiger partial charge in [-0.3, -0.25) is 4.79 Å². The predicted octanol–water partition coefficient (Wildman–Crippen LogP) is 2.88. The highest BCUT2D eigenvalue weighted by Crippen LogP contribution is 2.15. The molecule has 0 aromatic heterocycles. The first-order valence-corrected chi connectivity index (χ1v) is 5.95. The Balaban J connectivity index is 2.33. The average Bonchev–Trinajstić information content (AvgIpc) is 2.47. The molecule has 0 saturated carbocycles. The van der Waals surface area contributed by atoms with Crippen LogP contribution in [-0.2, 0) is 11.2 Å². The Bertz CT molecular complexity index is 588. The zero-order chi connectivity index (χ0) is 13.7. The number of benzene rings is 2. The molecule has 0 unspecified atom stereocenters. The van der Waals surface area contributed by atoms with Crippen molar-refractivity contribution in [1.29, 1.82) is 0 Å². The maximum Gasteiger partial charge on any atom is 0.338 e. The first kappa shape index (κ1) is 13.0. The summed E-state index contributed by atoms with van der Waals surface area (Å²) in [7, 11) is 1.31. The lowest BCUT2D eigenvalue weighted by Crippen LogP contribution is -2.06. The fourth-order valence-electron chi connectivity index (χ4n) is 1.93. The maximum absolute atomic E-state index is 11.6. The summed E-state index contributed by atoms with van der Waals surface area (Å²) in [6.07, 6.45) is 1.38. The van der Waals surface area contributed by atoms with E-state index in [9.17, 15) is 9.59 Å². The first-order valence-electron chi connectivity index (χ1n) is 5.95. The van der Waals surface area contributed by atoms with Gasteiger partial charge >= 0.3 is 5.97 Å². The van der Waals surface area contributed by atoms with Gasteiger partial charge in [-0.25, -0.2) is 4.79 Å². The zero-order valence-corrected chi connectivity index (χ0v) is 10.6. The molecule has 0 radical (unpaired) electrons. The lowest BCUT2D eigenvalue weighted by molar-refractivity contribution is 0.0598. The van der Waals surface area contributed by atoms with Gasteiger partial charge in [-0.2, -0.15) is 0 Å². The highest BCUT2D eigenvalue weighted by atomic mass is 16.5. The fourth-order valence-corrected chi connectivity index (χ4v) is 1.93. The highest BCUT2D eigenvalue weighted by Gasteiger charge is 2.12. The third-order valence-corrected chi connectivity index (χ3v) is 2.90. The molecule has 0 fully saturated rings. The quantitative estimate of drug-likeness (QED) is 0.622. The summed E-state index contributed by atoms with van der Waals surface area (Å²) in [4.78, 5) is 22.5. The van der Waals surface area contributed by atoms with Gasteiger partial charge in [0.1, 0.15) is 0 Å². The standard InChI is InChI=1S/C16H14O3/c1-19-16(18)15-10-13(7-8-14(15)11-17)9-12-5-3-2-4-6-12/h2-8,10-11H,9H2,1H3. The van der Waals surface area contributed by atoms with E-state index < -0.39 is 5.97 Å². The summed E-state index contributed by atoms with van der Waals surface area (Å²) in [6.45, 7) is 0. The number of esters is 1. The summed E-state index contributed by atoms with van der Waals surface area (Å²) >= 11 is 0. The SMILES string of the molecule is COC(=O)c1cc(Cc2ccccc2)ccc1C=O. The molecule has 19 heavy (non-hydrogen) atoms. The molecular weight excluding hydrogens is 240 g/mol. The van der Waals surface area contributed by atoms with Gasteiger partial charge in [0.15, 0.2) is 6.29 Å².